The molecule has 5 nitrogen and oxygen atoms in total. The molecule has 0 spiro atoms. The van der Waals surface area contributed by atoms with Crippen LogP contribution < -0.4 is 5.32 Å². The fraction of sp³-hybridized carbons (Fsp3) is 0.588. The van der Waals surface area contributed by atoms with E-state index in [-0.39, 0.29) is 6.03 Å². The summed E-state index contributed by atoms with van der Waals surface area (Å²) in [6.45, 7) is 7.70. The van der Waals surface area contributed by atoms with Crippen LogP contribution in [0.5, 0.6) is 0 Å². The van der Waals surface area contributed by atoms with Crippen LogP contribution in [0.2, 0.25) is 0 Å². The van der Waals surface area contributed by atoms with Crippen molar-refractivity contribution < 1.29 is 9.53 Å². The van der Waals surface area contributed by atoms with Crippen molar-refractivity contribution in [3.63, 3.8) is 0 Å². The van der Waals surface area contributed by atoms with E-state index in [2.05, 4.69) is 23.2 Å². The van der Waals surface area contributed by atoms with Crippen LogP contribution in [-0.2, 0) is 4.74 Å². The van der Waals surface area contributed by atoms with E-state index in [1.807, 2.05) is 38.1 Å². The molecule has 122 valence electrons. The second kappa shape index (κ2) is 7.61. The lowest BCUT2D eigenvalue weighted by molar-refractivity contribution is 0.112. The lowest BCUT2D eigenvalue weighted by atomic mass is 10.1. The third-order valence-electron chi connectivity index (χ3n) is 4.09. The molecule has 5 heteroatoms. The van der Waals surface area contributed by atoms with E-state index in [0.29, 0.717) is 25.7 Å². The minimum absolute atomic E-state index is 0.0389. The second-order valence-corrected chi connectivity index (χ2v) is 6.33. The van der Waals surface area contributed by atoms with E-state index in [1.54, 1.807) is 0 Å². The quantitative estimate of drug-likeness (QED) is 0.932. The van der Waals surface area contributed by atoms with Crippen molar-refractivity contribution in [2.75, 3.05) is 52.3 Å². The summed E-state index contributed by atoms with van der Waals surface area (Å²) in [7, 11) is 4.09. The van der Waals surface area contributed by atoms with Gasteiger partial charge in [0.25, 0.3) is 0 Å². The third-order valence-corrected chi connectivity index (χ3v) is 4.09. The predicted molar refractivity (Wildman–Crippen MR) is 89.4 cm³/mol. The molecule has 1 aromatic rings. The Morgan fingerprint density at radius 3 is 2.91 bits per heavy atom. The molecule has 0 saturated carbocycles. The van der Waals surface area contributed by atoms with Crippen LogP contribution in [0.1, 0.15) is 11.1 Å². The van der Waals surface area contributed by atoms with Crippen molar-refractivity contribution in [3.05, 3.63) is 29.3 Å². The second-order valence-electron chi connectivity index (χ2n) is 6.33. The monoisotopic (exact) mass is 305 g/mol. The number of carbonyl (C=O) groups excluding carboxylic acids is 1. The van der Waals surface area contributed by atoms with Crippen molar-refractivity contribution in [2.24, 2.45) is 5.92 Å². The Hall–Kier alpha value is -1.59. The largest absolute Gasteiger partial charge is 0.379 e. The molecule has 1 saturated heterocycles. The molecular formula is C17H27N3O2. The van der Waals surface area contributed by atoms with Crippen LogP contribution in [0.3, 0.4) is 0 Å². The third kappa shape index (κ3) is 4.45. The molecule has 1 aliphatic rings. The van der Waals surface area contributed by atoms with E-state index < -0.39 is 0 Å². The minimum atomic E-state index is -0.0389. The average Bonchev–Trinajstić information content (AvgIpc) is 2.69. The number of carbonyl (C=O) groups is 1. The van der Waals surface area contributed by atoms with E-state index in [0.717, 1.165) is 24.3 Å². The van der Waals surface area contributed by atoms with Gasteiger partial charge in [0.1, 0.15) is 0 Å². The lowest BCUT2D eigenvalue weighted by Gasteiger charge is -2.26. The molecular weight excluding hydrogens is 278 g/mol. The molecule has 1 aliphatic heterocycles. The highest BCUT2D eigenvalue weighted by Crippen LogP contribution is 2.19. The number of hydrogen-bond acceptors (Lipinski definition) is 3. The van der Waals surface area contributed by atoms with Crippen LogP contribution in [0.4, 0.5) is 10.5 Å². The van der Waals surface area contributed by atoms with E-state index in [1.165, 1.54) is 5.56 Å². The standard InChI is InChI=1S/C17H27N3O2/c1-13-6-5-7-16(14(13)2)18-17(21)20-8-9-22-12-15(11-20)10-19(3)4/h5-7,15H,8-12H2,1-4H3,(H,18,21)/t15-/m0/s1. The smallest absolute Gasteiger partial charge is 0.321 e. The molecule has 1 fully saturated rings. The Kier molecular flexibility index (Phi) is 5.80. The van der Waals surface area contributed by atoms with Crippen molar-refractivity contribution in [1.29, 1.82) is 0 Å². The summed E-state index contributed by atoms with van der Waals surface area (Å²) in [6, 6.07) is 5.94. The topological polar surface area (TPSA) is 44.8 Å². The van der Waals surface area contributed by atoms with E-state index >= 15 is 0 Å². The summed E-state index contributed by atoms with van der Waals surface area (Å²) >= 11 is 0. The maximum atomic E-state index is 12.6. The lowest BCUT2D eigenvalue weighted by Crippen LogP contribution is -2.41. The first-order valence-corrected chi connectivity index (χ1v) is 7.82. The summed E-state index contributed by atoms with van der Waals surface area (Å²) in [5.74, 6) is 0.349. The van der Waals surface area contributed by atoms with Crippen LogP contribution in [-0.4, -0.2) is 62.8 Å². The van der Waals surface area contributed by atoms with E-state index in [9.17, 15) is 4.79 Å². The molecule has 1 atom stereocenters. The SMILES string of the molecule is Cc1cccc(NC(=O)N2CCOC[C@@H](CN(C)C)C2)c1C. The highest BCUT2D eigenvalue weighted by atomic mass is 16.5. The fourth-order valence-electron chi connectivity index (χ4n) is 2.77. The summed E-state index contributed by atoms with van der Waals surface area (Å²) in [5.41, 5.74) is 3.19. The fourth-order valence-corrected chi connectivity index (χ4v) is 2.77. The maximum absolute atomic E-state index is 12.6. The molecule has 2 amide bonds. The molecule has 22 heavy (non-hydrogen) atoms. The van der Waals surface area contributed by atoms with E-state index in [4.69, 9.17) is 4.74 Å². The zero-order valence-electron chi connectivity index (χ0n) is 14.1. The minimum Gasteiger partial charge on any atom is -0.379 e. The van der Waals surface area contributed by atoms with Crippen LogP contribution in [0.25, 0.3) is 0 Å². The number of amides is 2. The maximum Gasteiger partial charge on any atom is 0.321 e. The Morgan fingerprint density at radius 2 is 2.18 bits per heavy atom. The molecule has 1 N–H and O–H groups in total. The van der Waals surface area contributed by atoms with Crippen molar-refractivity contribution in [2.45, 2.75) is 13.8 Å². The normalized spacial score (nSPS) is 19.1. The van der Waals surface area contributed by atoms with Gasteiger partial charge in [0.05, 0.1) is 13.2 Å². The van der Waals surface area contributed by atoms with Gasteiger partial charge in [-0.05, 0) is 45.1 Å². The molecule has 1 aromatic carbocycles. The Morgan fingerprint density at radius 1 is 1.41 bits per heavy atom. The number of benzene rings is 1. The molecule has 0 radical (unpaired) electrons. The molecule has 0 unspecified atom stereocenters. The van der Waals surface area contributed by atoms with Gasteiger partial charge in [-0.15, -0.1) is 0 Å². The zero-order valence-corrected chi connectivity index (χ0v) is 14.1. The first-order valence-electron chi connectivity index (χ1n) is 7.82. The van der Waals surface area contributed by atoms with Crippen molar-refractivity contribution in [1.82, 2.24) is 9.80 Å². The van der Waals surface area contributed by atoms with Gasteiger partial charge < -0.3 is 19.9 Å². The highest BCUT2D eigenvalue weighted by molar-refractivity contribution is 5.90. The van der Waals surface area contributed by atoms with Crippen molar-refractivity contribution >= 4 is 11.7 Å². The van der Waals surface area contributed by atoms with Gasteiger partial charge in [-0.2, -0.15) is 0 Å². The molecule has 0 aliphatic carbocycles. The highest BCUT2D eigenvalue weighted by Gasteiger charge is 2.23. The number of ether oxygens (including phenoxy) is 1. The van der Waals surface area contributed by atoms with Gasteiger partial charge in [0.15, 0.2) is 0 Å². The number of hydrogen-bond donors (Lipinski definition) is 1. The zero-order chi connectivity index (χ0) is 16.1. The first-order chi connectivity index (χ1) is 10.5. The molecule has 2 rings (SSSR count). The predicted octanol–water partition coefficient (Wildman–Crippen LogP) is 2.35. The average molecular weight is 305 g/mol. The van der Waals surface area contributed by atoms with Crippen LogP contribution in [0, 0.1) is 19.8 Å². The molecule has 1 heterocycles. The van der Waals surface area contributed by atoms with Gasteiger partial charge >= 0.3 is 6.03 Å². The Balaban J connectivity index is 2.02. The van der Waals surface area contributed by atoms with Gasteiger partial charge in [0.2, 0.25) is 0 Å². The summed E-state index contributed by atoms with van der Waals surface area (Å²) in [6.07, 6.45) is 0. The Labute approximate surface area is 133 Å². The summed E-state index contributed by atoms with van der Waals surface area (Å²) < 4.78 is 5.63. The number of nitrogens with zero attached hydrogens (tertiary/aromatic N) is 2. The van der Waals surface area contributed by atoms with Gasteiger partial charge in [-0.25, -0.2) is 4.79 Å². The van der Waals surface area contributed by atoms with Gasteiger partial charge in [-0.1, -0.05) is 12.1 Å². The van der Waals surface area contributed by atoms with Gasteiger partial charge in [-0.3, -0.25) is 0 Å². The summed E-state index contributed by atoms with van der Waals surface area (Å²) in [4.78, 5) is 16.6. The molecule has 0 bridgehead atoms. The first kappa shape index (κ1) is 16.8. The number of rotatable bonds is 3. The Bertz CT molecular complexity index is 517. The number of aryl methyl sites for hydroxylation is 1. The molecule has 0 aromatic heterocycles. The van der Waals surface area contributed by atoms with Crippen LogP contribution in [0.15, 0.2) is 18.2 Å². The number of nitrogens with one attached hydrogen (secondary N) is 1. The number of urea groups is 1. The van der Waals surface area contributed by atoms with Crippen LogP contribution >= 0.6 is 0 Å². The van der Waals surface area contributed by atoms with Crippen molar-refractivity contribution in [3.8, 4) is 0 Å². The van der Waals surface area contributed by atoms with Gasteiger partial charge in [0, 0.05) is 31.2 Å². The number of anilines is 1. The summed E-state index contributed by atoms with van der Waals surface area (Å²) in [5, 5.41) is 3.04.